The highest BCUT2D eigenvalue weighted by Gasteiger charge is 2.65. The van der Waals surface area contributed by atoms with Crippen LogP contribution in [0.5, 0.6) is 5.75 Å². The number of benzene rings is 1. The Morgan fingerprint density at radius 1 is 1.26 bits per heavy atom. The number of alkyl halides is 3. The highest BCUT2D eigenvalue weighted by Crippen LogP contribution is 2.59. The third-order valence-corrected chi connectivity index (χ3v) is 6.64. The van der Waals surface area contributed by atoms with E-state index in [2.05, 4.69) is 9.97 Å². The van der Waals surface area contributed by atoms with Crippen molar-refractivity contribution >= 4 is 0 Å². The van der Waals surface area contributed by atoms with Crippen molar-refractivity contribution in [3.05, 3.63) is 56.8 Å². The third kappa shape index (κ3) is 4.43. The van der Waals surface area contributed by atoms with Crippen molar-refractivity contribution in [1.29, 1.82) is 0 Å². The fourth-order valence-electron chi connectivity index (χ4n) is 4.45. The summed E-state index contributed by atoms with van der Waals surface area (Å²) < 4.78 is 81.3. The molecule has 4 atom stereocenters. The van der Waals surface area contributed by atoms with Crippen molar-refractivity contribution in [2.75, 3.05) is 27.7 Å². The van der Waals surface area contributed by atoms with E-state index < -0.39 is 52.7 Å². The minimum Gasteiger partial charge on any atom is -0.493 e. The lowest BCUT2D eigenvalue weighted by molar-refractivity contribution is -0.275. The van der Waals surface area contributed by atoms with Gasteiger partial charge in [-0.25, -0.2) is 4.39 Å². The standard InChI is InChI=1S/C23H28F5N3O3/c1-11-16(14-7-8-15(24)17(25)18(14)33-6)19(34-22(11,3)23(26,27)28)20-29-12(2)13(21(32)30-20)9-10-31(4)5/h7-8,11,16,19H,9-10H2,1-6H3,(H,29,30,32)/t11-,16-,19+,22+/m0/s1. The van der Waals surface area contributed by atoms with Crippen LogP contribution in [0.3, 0.4) is 0 Å². The van der Waals surface area contributed by atoms with Crippen LogP contribution >= 0.6 is 0 Å². The molecule has 6 nitrogen and oxygen atoms in total. The lowest BCUT2D eigenvalue weighted by Crippen LogP contribution is -2.46. The van der Waals surface area contributed by atoms with Gasteiger partial charge in [-0.2, -0.15) is 22.5 Å². The number of aromatic nitrogens is 2. The average Bonchev–Trinajstić information content (AvgIpc) is 3.01. The molecule has 1 aliphatic rings. The summed E-state index contributed by atoms with van der Waals surface area (Å²) in [5.41, 5.74) is -2.38. The van der Waals surface area contributed by atoms with Crippen LogP contribution in [0.2, 0.25) is 0 Å². The molecule has 3 rings (SSSR count). The molecule has 0 aliphatic carbocycles. The number of hydrogen-bond acceptors (Lipinski definition) is 5. The third-order valence-electron chi connectivity index (χ3n) is 6.64. The Bertz CT molecular complexity index is 1120. The van der Waals surface area contributed by atoms with Gasteiger partial charge < -0.3 is 19.4 Å². The molecule has 188 valence electrons. The molecule has 0 amide bonds. The monoisotopic (exact) mass is 489 g/mol. The molecule has 11 heteroatoms. The molecule has 0 bridgehead atoms. The molecule has 1 aromatic carbocycles. The second kappa shape index (κ2) is 9.26. The Balaban J connectivity index is 2.18. The van der Waals surface area contributed by atoms with Crippen molar-refractivity contribution in [3.63, 3.8) is 0 Å². The lowest BCUT2D eigenvalue weighted by Gasteiger charge is -2.32. The van der Waals surface area contributed by atoms with Crippen LogP contribution in [0, 0.1) is 24.5 Å². The van der Waals surface area contributed by atoms with E-state index in [9.17, 15) is 26.7 Å². The molecule has 0 unspecified atom stereocenters. The first kappa shape index (κ1) is 26.1. The summed E-state index contributed by atoms with van der Waals surface area (Å²) in [6, 6.07) is 2.00. The highest BCUT2D eigenvalue weighted by molar-refractivity contribution is 5.41. The van der Waals surface area contributed by atoms with Gasteiger partial charge in [-0.1, -0.05) is 13.0 Å². The van der Waals surface area contributed by atoms with Crippen LogP contribution in [0.1, 0.15) is 48.5 Å². The second-order valence-corrected chi connectivity index (χ2v) is 9.03. The van der Waals surface area contributed by atoms with E-state index in [-0.39, 0.29) is 11.4 Å². The number of rotatable bonds is 6. The molecular formula is C23H28F5N3O3. The zero-order valence-corrected chi connectivity index (χ0v) is 19.8. The van der Waals surface area contributed by atoms with Crippen molar-refractivity contribution in [2.45, 2.75) is 51.0 Å². The van der Waals surface area contributed by atoms with E-state index in [1.165, 1.54) is 13.0 Å². The Hall–Kier alpha value is -2.53. The minimum absolute atomic E-state index is 0.0103. The first-order chi connectivity index (χ1) is 15.7. The molecule has 0 saturated carbocycles. The van der Waals surface area contributed by atoms with Crippen molar-refractivity contribution < 1.29 is 31.4 Å². The Labute approximate surface area is 194 Å². The summed E-state index contributed by atoms with van der Waals surface area (Å²) in [7, 11) is 4.79. The summed E-state index contributed by atoms with van der Waals surface area (Å²) in [6.45, 7) is 4.41. The van der Waals surface area contributed by atoms with E-state index in [0.29, 0.717) is 24.2 Å². The van der Waals surface area contributed by atoms with Crippen LogP contribution in [0.25, 0.3) is 0 Å². The molecule has 0 radical (unpaired) electrons. The number of likely N-dealkylation sites (N-methyl/N-ethyl adjacent to an activating group) is 1. The van der Waals surface area contributed by atoms with Gasteiger partial charge in [0.25, 0.3) is 5.56 Å². The van der Waals surface area contributed by atoms with Crippen molar-refractivity contribution in [2.24, 2.45) is 5.92 Å². The van der Waals surface area contributed by atoms with E-state index in [1.807, 2.05) is 19.0 Å². The smallest absolute Gasteiger partial charge is 0.417 e. The van der Waals surface area contributed by atoms with Crippen LogP contribution in [-0.2, 0) is 11.2 Å². The molecule has 2 heterocycles. The molecule has 1 N–H and O–H groups in total. The minimum atomic E-state index is -4.79. The zero-order valence-electron chi connectivity index (χ0n) is 19.8. The maximum Gasteiger partial charge on any atom is 0.417 e. The molecule has 0 spiro atoms. The molecule has 1 saturated heterocycles. The average molecular weight is 489 g/mol. The summed E-state index contributed by atoms with van der Waals surface area (Å²) in [5, 5.41) is 0. The molecule has 2 aromatic rings. The maximum absolute atomic E-state index is 14.5. The summed E-state index contributed by atoms with van der Waals surface area (Å²) in [4.78, 5) is 21.6. The van der Waals surface area contributed by atoms with Gasteiger partial charge in [0.2, 0.25) is 5.82 Å². The molecular weight excluding hydrogens is 461 g/mol. The van der Waals surface area contributed by atoms with E-state index in [0.717, 1.165) is 20.1 Å². The van der Waals surface area contributed by atoms with Gasteiger partial charge in [-0.15, -0.1) is 0 Å². The second-order valence-electron chi connectivity index (χ2n) is 9.03. The number of methoxy groups -OCH3 is 1. The quantitative estimate of drug-likeness (QED) is 0.614. The molecule has 34 heavy (non-hydrogen) atoms. The Morgan fingerprint density at radius 2 is 1.91 bits per heavy atom. The first-order valence-electron chi connectivity index (χ1n) is 10.7. The molecule has 1 aromatic heterocycles. The lowest BCUT2D eigenvalue weighted by atomic mass is 9.77. The van der Waals surface area contributed by atoms with Crippen molar-refractivity contribution in [3.8, 4) is 5.75 Å². The summed E-state index contributed by atoms with van der Waals surface area (Å²) in [6.07, 6.45) is -5.79. The predicted octanol–water partition coefficient (Wildman–Crippen LogP) is 4.28. The zero-order chi connectivity index (χ0) is 25.6. The topological polar surface area (TPSA) is 67.5 Å². The molecule has 1 fully saturated rings. The number of nitrogens with one attached hydrogen (secondary N) is 1. The van der Waals surface area contributed by atoms with Gasteiger partial charge in [0, 0.05) is 35.2 Å². The summed E-state index contributed by atoms with van der Waals surface area (Å²) in [5.74, 6) is -5.55. The number of H-pyrrole nitrogens is 1. The van der Waals surface area contributed by atoms with Crippen LogP contribution in [0.4, 0.5) is 22.0 Å². The fraction of sp³-hybridized carbons (Fsp3) is 0.565. The fourth-order valence-corrected chi connectivity index (χ4v) is 4.45. The number of aryl methyl sites for hydroxylation is 1. The van der Waals surface area contributed by atoms with Crippen LogP contribution < -0.4 is 10.3 Å². The van der Waals surface area contributed by atoms with Gasteiger partial charge in [0.15, 0.2) is 17.2 Å². The predicted molar refractivity (Wildman–Crippen MR) is 115 cm³/mol. The summed E-state index contributed by atoms with van der Waals surface area (Å²) >= 11 is 0. The highest BCUT2D eigenvalue weighted by atomic mass is 19.4. The van der Waals surface area contributed by atoms with Crippen LogP contribution in [0.15, 0.2) is 16.9 Å². The SMILES string of the molecule is COc1c([C@H]2[C@H](c3nc(=O)c(CCN(C)C)c(C)[nH]3)O[C@@](C)(C(F)(F)F)[C@H]2C)ccc(F)c1F. The number of halogens is 5. The number of hydrogen-bond donors (Lipinski definition) is 1. The van der Waals surface area contributed by atoms with E-state index in [1.54, 1.807) is 6.92 Å². The normalized spacial score (nSPS) is 25.2. The first-order valence-corrected chi connectivity index (χ1v) is 10.7. The number of aromatic amines is 1. The van der Waals surface area contributed by atoms with Crippen molar-refractivity contribution in [1.82, 2.24) is 14.9 Å². The number of ether oxygens (including phenoxy) is 2. The van der Waals surface area contributed by atoms with Gasteiger partial charge in [-0.3, -0.25) is 4.79 Å². The van der Waals surface area contributed by atoms with E-state index >= 15 is 0 Å². The number of nitrogens with zero attached hydrogens (tertiary/aromatic N) is 2. The van der Waals surface area contributed by atoms with Gasteiger partial charge >= 0.3 is 6.18 Å². The largest absolute Gasteiger partial charge is 0.493 e. The Kier molecular flexibility index (Phi) is 7.10. The molecule has 1 aliphatic heterocycles. The van der Waals surface area contributed by atoms with E-state index in [4.69, 9.17) is 9.47 Å². The van der Waals surface area contributed by atoms with Gasteiger partial charge in [-0.05, 0) is 40.4 Å². The van der Waals surface area contributed by atoms with Gasteiger partial charge in [0.05, 0.1) is 7.11 Å². The Morgan fingerprint density at radius 3 is 2.44 bits per heavy atom. The van der Waals surface area contributed by atoms with Crippen LogP contribution in [-0.4, -0.2) is 54.4 Å². The van der Waals surface area contributed by atoms with Gasteiger partial charge in [0.1, 0.15) is 11.9 Å². The maximum atomic E-state index is 14.5.